The Hall–Kier alpha value is -2.56. The molecule has 23 heavy (non-hydrogen) atoms. The van der Waals surface area contributed by atoms with E-state index in [1.807, 2.05) is 42.5 Å². The second-order valence-corrected chi connectivity index (χ2v) is 5.79. The van der Waals surface area contributed by atoms with Crippen molar-refractivity contribution in [2.75, 3.05) is 19.7 Å². The smallest absolute Gasteiger partial charge is 0.306 e. The van der Waals surface area contributed by atoms with Gasteiger partial charge in [-0.3, -0.25) is 9.59 Å². The van der Waals surface area contributed by atoms with Gasteiger partial charge in [0.15, 0.2) is 6.61 Å². The molecule has 120 valence electrons. The number of carboxylic acid groups (broad SMARTS) is 1. The third kappa shape index (κ3) is 3.62. The number of aliphatic carboxylic acids is 1. The third-order valence-electron chi connectivity index (χ3n) is 4.28. The van der Waals surface area contributed by atoms with Gasteiger partial charge in [-0.15, -0.1) is 0 Å². The Morgan fingerprint density at radius 1 is 1.09 bits per heavy atom. The molecule has 0 radical (unpaired) electrons. The minimum Gasteiger partial charge on any atom is -0.484 e. The lowest BCUT2D eigenvalue weighted by Crippen LogP contribution is -2.42. The average molecular weight is 313 g/mol. The van der Waals surface area contributed by atoms with Crippen LogP contribution in [0.2, 0.25) is 0 Å². The average Bonchev–Trinajstić information content (AvgIpc) is 2.59. The van der Waals surface area contributed by atoms with Gasteiger partial charge in [0.2, 0.25) is 0 Å². The maximum atomic E-state index is 12.2. The summed E-state index contributed by atoms with van der Waals surface area (Å²) in [5.74, 6) is -0.538. The Bertz CT molecular complexity index is 720. The summed E-state index contributed by atoms with van der Waals surface area (Å²) >= 11 is 0. The predicted molar refractivity (Wildman–Crippen MR) is 86.4 cm³/mol. The minimum atomic E-state index is -0.774. The van der Waals surface area contributed by atoms with Gasteiger partial charge >= 0.3 is 5.97 Å². The van der Waals surface area contributed by atoms with Crippen molar-refractivity contribution >= 4 is 22.6 Å². The fourth-order valence-electron chi connectivity index (χ4n) is 2.87. The molecule has 2 aromatic rings. The molecule has 0 unspecified atom stereocenters. The zero-order chi connectivity index (χ0) is 16.2. The van der Waals surface area contributed by atoms with Crippen LogP contribution in [0.5, 0.6) is 5.75 Å². The number of carbonyl (C=O) groups excluding carboxylic acids is 1. The summed E-state index contributed by atoms with van der Waals surface area (Å²) in [6.07, 6.45) is 1.02. The van der Waals surface area contributed by atoms with Crippen molar-refractivity contribution in [3.05, 3.63) is 42.5 Å². The van der Waals surface area contributed by atoms with Crippen LogP contribution in [-0.4, -0.2) is 41.6 Å². The number of piperidine rings is 1. The fraction of sp³-hybridized carbons (Fsp3) is 0.333. The van der Waals surface area contributed by atoms with Gasteiger partial charge in [0.1, 0.15) is 5.75 Å². The number of nitrogens with zero attached hydrogens (tertiary/aromatic N) is 1. The highest BCUT2D eigenvalue weighted by atomic mass is 16.5. The molecule has 0 aromatic heterocycles. The van der Waals surface area contributed by atoms with Gasteiger partial charge in [0.05, 0.1) is 5.92 Å². The molecule has 1 aliphatic rings. The topological polar surface area (TPSA) is 66.8 Å². The van der Waals surface area contributed by atoms with Gasteiger partial charge in [-0.2, -0.15) is 0 Å². The molecule has 0 aliphatic carbocycles. The van der Waals surface area contributed by atoms with Crippen LogP contribution in [0.1, 0.15) is 12.8 Å². The highest BCUT2D eigenvalue weighted by molar-refractivity contribution is 5.84. The molecular formula is C18H19NO4. The van der Waals surface area contributed by atoms with E-state index in [-0.39, 0.29) is 18.4 Å². The molecule has 1 aliphatic heterocycles. The number of ether oxygens (including phenoxy) is 1. The molecule has 0 spiro atoms. The van der Waals surface area contributed by atoms with Crippen molar-refractivity contribution in [3.63, 3.8) is 0 Å². The summed E-state index contributed by atoms with van der Waals surface area (Å²) in [7, 11) is 0. The van der Waals surface area contributed by atoms with E-state index < -0.39 is 5.97 Å². The number of rotatable bonds is 4. The number of benzene rings is 2. The maximum Gasteiger partial charge on any atom is 0.306 e. The quantitative estimate of drug-likeness (QED) is 0.942. The van der Waals surface area contributed by atoms with E-state index in [2.05, 4.69) is 0 Å². The van der Waals surface area contributed by atoms with E-state index in [1.54, 1.807) is 4.90 Å². The Morgan fingerprint density at radius 2 is 1.78 bits per heavy atom. The van der Waals surface area contributed by atoms with E-state index in [0.29, 0.717) is 31.7 Å². The molecule has 3 rings (SSSR count). The van der Waals surface area contributed by atoms with E-state index >= 15 is 0 Å². The van der Waals surface area contributed by atoms with E-state index in [4.69, 9.17) is 9.84 Å². The van der Waals surface area contributed by atoms with Crippen LogP contribution < -0.4 is 4.74 Å². The first-order valence-corrected chi connectivity index (χ1v) is 7.75. The molecule has 2 aromatic carbocycles. The number of amides is 1. The fourth-order valence-corrected chi connectivity index (χ4v) is 2.87. The lowest BCUT2D eigenvalue weighted by Gasteiger charge is -2.30. The normalized spacial score (nSPS) is 15.6. The molecule has 1 heterocycles. The Labute approximate surface area is 134 Å². The number of hydrogen-bond acceptors (Lipinski definition) is 3. The highest BCUT2D eigenvalue weighted by Gasteiger charge is 2.26. The van der Waals surface area contributed by atoms with Crippen molar-refractivity contribution in [2.45, 2.75) is 12.8 Å². The standard InChI is InChI=1S/C18H19NO4/c20-17(19-9-7-14(8-10-19)18(21)22)12-23-16-6-5-13-3-1-2-4-15(13)11-16/h1-6,11,14H,7-10,12H2,(H,21,22). The third-order valence-corrected chi connectivity index (χ3v) is 4.28. The first-order valence-electron chi connectivity index (χ1n) is 7.75. The van der Waals surface area contributed by atoms with Crippen molar-refractivity contribution in [2.24, 2.45) is 5.92 Å². The summed E-state index contributed by atoms with van der Waals surface area (Å²) in [6.45, 7) is 0.948. The Morgan fingerprint density at radius 3 is 2.48 bits per heavy atom. The molecule has 5 heteroatoms. The first-order chi connectivity index (χ1) is 11.1. The van der Waals surface area contributed by atoms with Gasteiger partial charge in [0.25, 0.3) is 5.91 Å². The second-order valence-electron chi connectivity index (χ2n) is 5.79. The van der Waals surface area contributed by atoms with Gasteiger partial charge in [-0.05, 0) is 35.7 Å². The van der Waals surface area contributed by atoms with Crippen LogP contribution in [0.25, 0.3) is 10.8 Å². The zero-order valence-electron chi connectivity index (χ0n) is 12.8. The maximum absolute atomic E-state index is 12.2. The molecule has 1 saturated heterocycles. The van der Waals surface area contributed by atoms with Crippen LogP contribution in [0, 0.1) is 5.92 Å². The monoisotopic (exact) mass is 313 g/mol. The van der Waals surface area contributed by atoms with Crippen LogP contribution in [-0.2, 0) is 9.59 Å². The molecular weight excluding hydrogens is 294 g/mol. The van der Waals surface area contributed by atoms with Crippen molar-refractivity contribution in [1.29, 1.82) is 0 Å². The molecule has 0 atom stereocenters. The summed E-state index contributed by atoms with van der Waals surface area (Å²) < 4.78 is 5.60. The Kier molecular flexibility index (Phi) is 4.46. The van der Waals surface area contributed by atoms with Crippen molar-refractivity contribution in [3.8, 4) is 5.75 Å². The number of carbonyl (C=O) groups is 2. The molecule has 0 bridgehead atoms. The van der Waals surface area contributed by atoms with Gasteiger partial charge in [-0.1, -0.05) is 30.3 Å². The molecule has 1 fully saturated rings. The first kappa shape index (κ1) is 15.3. The largest absolute Gasteiger partial charge is 0.484 e. The summed E-state index contributed by atoms with van der Waals surface area (Å²) in [4.78, 5) is 24.8. The lowest BCUT2D eigenvalue weighted by atomic mass is 9.97. The molecule has 0 saturated carbocycles. The van der Waals surface area contributed by atoms with Crippen LogP contribution in [0.15, 0.2) is 42.5 Å². The summed E-state index contributed by atoms with van der Waals surface area (Å²) in [6, 6.07) is 13.7. The molecule has 5 nitrogen and oxygen atoms in total. The van der Waals surface area contributed by atoms with Crippen molar-refractivity contribution in [1.82, 2.24) is 4.90 Å². The van der Waals surface area contributed by atoms with Crippen molar-refractivity contribution < 1.29 is 19.4 Å². The second kappa shape index (κ2) is 6.69. The number of carboxylic acids is 1. The molecule has 1 N–H and O–H groups in total. The van der Waals surface area contributed by atoms with Gasteiger partial charge < -0.3 is 14.7 Å². The Balaban J connectivity index is 1.55. The highest BCUT2D eigenvalue weighted by Crippen LogP contribution is 2.21. The van der Waals surface area contributed by atoms with E-state index in [9.17, 15) is 9.59 Å². The van der Waals surface area contributed by atoms with Crippen LogP contribution in [0.4, 0.5) is 0 Å². The lowest BCUT2D eigenvalue weighted by molar-refractivity contribution is -0.146. The minimum absolute atomic E-state index is 0.0178. The van der Waals surface area contributed by atoms with Gasteiger partial charge in [0, 0.05) is 13.1 Å². The number of fused-ring (bicyclic) bond motifs is 1. The predicted octanol–water partition coefficient (Wildman–Crippen LogP) is 2.54. The summed E-state index contributed by atoms with van der Waals surface area (Å²) in [5, 5.41) is 11.2. The van der Waals surface area contributed by atoms with Crippen LogP contribution in [0.3, 0.4) is 0 Å². The van der Waals surface area contributed by atoms with E-state index in [1.165, 1.54) is 0 Å². The zero-order valence-corrected chi connectivity index (χ0v) is 12.8. The number of likely N-dealkylation sites (tertiary alicyclic amines) is 1. The molecule has 1 amide bonds. The van der Waals surface area contributed by atoms with Crippen LogP contribution >= 0.6 is 0 Å². The SMILES string of the molecule is O=C(O)C1CCN(C(=O)COc2ccc3ccccc3c2)CC1. The number of hydrogen-bond donors (Lipinski definition) is 1. The summed E-state index contributed by atoms with van der Waals surface area (Å²) in [5.41, 5.74) is 0. The van der Waals surface area contributed by atoms with E-state index in [0.717, 1.165) is 10.8 Å². The van der Waals surface area contributed by atoms with Gasteiger partial charge in [-0.25, -0.2) is 0 Å².